The molecule has 0 bridgehead atoms. The van der Waals surface area contributed by atoms with Crippen molar-refractivity contribution in [1.29, 1.82) is 0 Å². The Bertz CT molecular complexity index is 392. The van der Waals surface area contributed by atoms with Crippen LogP contribution in [0.5, 0.6) is 0 Å². The van der Waals surface area contributed by atoms with Crippen molar-refractivity contribution >= 4 is 11.8 Å². The van der Waals surface area contributed by atoms with Crippen molar-refractivity contribution in [3.63, 3.8) is 0 Å². The third-order valence-corrected chi connectivity index (χ3v) is 4.23. The third kappa shape index (κ3) is 4.95. The van der Waals surface area contributed by atoms with E-state index in [0.717, 1.165) is 32.1 Å². The van der Waals surface area contributed by atoms with Crippen LogP contribution in [0.1, 0.15) is 52.4 Å². The summed E-state index contributed by atoms with van der Waals surface area (Å²) in [5.74, 6) is -1.12. The first-order valence-electron chi connectivity index (χ1n) is 8.38. The predicted octanol–water partition coefficient (Wildman–Crippen LogP) is 1.34. The summed E-state index contributed by atoms with van der Waals surface area (Å²) in [6.07, 6.45) is 6.02. The third-order valence-electron chi connectivity index (χ3n) is 4.23. The van der Waals surface area contributed by atoms with E-state index in [1.165, 1.54) is 6.42 Å². The molecule has 1 aliphatic heterocycles. The lowest BCUT2D eigenvalue weighted by Crippen LogP contribution is -2.44. The number of amides is 2. The highest BCUT2D eigenvalue weighted by Crippen LogP contribution is 2.37. The van der Waals surface area contributed by atoms with Gasteiger partial charge in [-0.25, -0.2) is 0 Å². The van der Waals surface area contributed by atoms with Gasteiger partial charge in [-0.1, -0.05) is 20.3 Å². The molecular weight excluding hydrogens is 284 g/mol. The van der Waals surface area contributed by atoms with Gasteiger partial charge < -0.3 is 20.1 Å². The van der Waals surface area contributed by atoms with E-state index in [1.54, 1.807) is 0 Å². The smallest absolute Gasteiger partial charge is 0.309 e. The summed E-state index contributed by atoms with van der Waals surface area (Å²) in [4.78, 5) is 23.4. The molecule has 0 aromatic carbocycles. The number of rotatable bonds is 5. The molecule has 0 radical (unpaired) electrons. The zero-order valence-electron chi connectivity index (χ0n) is 13.7. The maximum absolute atomic E-state index is 11.7. The Hall–Kier alpha value is -1.14. The first-order valence-corrected chi connectivity index (χ1v) is 8.38. The summed E-state index contributed by atoms with van der Waals surface area (Å²) >= 11 is 0. The molecule has 2 N–H and O–H groups in total. The van der Waals surface area contributed by atoms with E-state index in [2.05, 4.69) is 24.5 Å². The Morgan fingerprint density at radius 3 is 2.50 bits per heavy atom. The number of carbonyl (C=O) groups excluding carboxylic acids is 2. The number of hydrogen-bond donors (Lipinski definition) is 2. The average Bonchev–Trinajstić information content (AvgIpc) is 2.87. The minimum absolute atomic E-state index is 0.162. The Morgan fingerprint density at radius 1 is 1.14 bits per heavy atom. The van der Waals surface area contributed by atoms with Gasteiger partial charge in [0, 0.05) is 25.9 Å². The highest BCUT2D eigenvalue weighted by atomic mass is 16.7. The van der Waals surface area contributed by atoms with Crippen molar-refractivity contribution < 1.29 is 19.1 Å². The van der Waals surface area contributed by atoms with Crippen LogP contribution in [-0.2, 0) is 19.1 Å². The van der Waals surface area contributed by atoms with Crippen LogP contribution in [-0.4, -0.2) is 43.4 Å². The average molecular weight is 312 g/mol. The van der Waals surface area contributed by atoms with Crippen molar-refractivity contribution in [2.75, 3.05) is 19.7 Å². The van der Waals surface area contributed by atoms with E-state index in [1.807, 2.05) is 0 Å². The molecule has 2 fully saturated rings. The van der Waals surface area contributed by atoms with Crippen LogP contribution in [0.15, 0.2) is 0 Å². The monoisotopic (exact) mass is 312 g/mol. The normalized spacial score (nSPS) is 23.7. The minimum atomic E-state index is -0.600. The summed E-state index contributed by atoms with van der Waals surface area (Å²) in [6.45, 7) is 5.47. The van der Waals surface area contributed by atoms with Gasteiger partial charge in [0.15, 0.2) is 5.79 Å². The fourth-order valence-corrected chi connectivity index (χ4v) is 2.91. The summed E-state index contributed by atoms with van der Waals surface area (Å²) in [6, 6.07) is 0. The molecule has 2 rings (SSSR count). The van der Waals surface area contributed by atoms with Crippen molar-refractivity contribution in [2.45, 2.75) is 64.3 Å². The predicted molar refractivity (Wildman–Crippen MR) is 82.1 cm³/mol. The maximum atomic E-state index is 11.7. The van der Waals surface area contributed by atoms with Crippen molar-refractivity contribution in [3.8, 4) is 0 Å². The molecule has 0 aromatic heterocycles. The van der Waals surface area contributed by atoms with Crippen molar-refractivity contribution in [2.24, 2.45) is 5.92 Å². The summed E-state index contributed by atoms with van der Waals surface area (Å²) in [7, 11) is 0. The van der Waals surface area contributed by atoms with Gasteiger partial charge in [-0.05, 0) is 25.2 Å². The molecular formula is C16H28N2O4. The van der Waals surface area contributed by atoms with E-state index < -0.39 is 17.6 Å². The molecule has 2 amide bonds. The Balaban J connectivity index is 1.65. The van der Waals surface area contributed by atoms with Crippen molar-refractivity contribution in [1.82, 2.24) is 10.6 Å². The Kier molecular flexibility index (Phi) is 6.20. The molecule has 1 aliphatic carbocycles. The summed E-state index contributed by atoms with van der Waals surface area (Å²) in [5.41, 5.74) is 0. The van der Waals surface area contributed by atoms with Crippen LogP contribution in [0.2, 0.25) is 0 Å². The van der Waals surface area contributed by atoms with Gasteiger partial charge >= 0.3 is 11.8 Å². The maximum Gasteiger partial charge on any atom is 0.309 e. The molecule has 1 atom stereocenters. The van der Waals surface area contributed by atoms with Gasteiger partial charge in [0.1, 0.15) is 6.10 Å². The molecule has 1 saturated carbocycles. The quantitative estimate of drug-likeness (QED) is 0.751. The number of nitrogens with one attached hydrogen (secondary N) is 2. The lowest BCUT2D eigenvalue weighted by Gasteiger charge is -2.31. The lowest BCUT2D eigenvalue weighted by atomic mass is 9.94. The summed E-state index contributed by atoms with van der Waals surface area (Å²) in [5, 5.41) is 5.25. The molecule has 1 spiro atoms. The van der Waals surface area contributed by atoms with E-state index >= 15 is 0 Å². The van der Waals surface area contributed by atoms with E-state index in [4.69, 9.17) is 9.47 Å². The van der Waals surface area contributed by atoms with Crippen molar-refractivity contribution in [3.05, 3.63) is 0 Å². The highest BCUT2D eigenvalue weighted by molar-refractivity contribution is 6.35. The zero-order chi connectivity index (χ0) is 16.0. The molecule has 22 heavy (non-hydrogen) atoms. The number of hydrogen-bond acceptors (Lipinski definition) is 4. The van der Waals surface area contributed by atoms with Gasteiger partial charge in [0.25, 0.3) is 0 Å². The largest absolute Gasteiger partial charge is 0.348 e. The van der Waals surface area contributed by atoms with Gasteiger partial charge in [-0.2, -0.15) is 0 Å². The Morgan fingerprint density at radius 2 is 1.82 bits per heavy atom. The SMILES string of the molecule is CC(C)CCNC(=O)C(=O)NC[C@@H]1COC2(CCCCC2)O1. The van der Waals surface area contributed by atoms with Gasteiger partial charge in [0.05, 0.1) is 6.61 Å². The Labute approximate surface area is 132 Å². The first kappa shape index (κ1) is 17.2. The van der Waals surface area contributed by atoms with E-state index in [0.29, 0.717) is 25.6 Å². The van der Waals surface area contributed by atoms with Crippen LogP contribution >= 0.6 is 0 Å². The molecule has 126 valence electrons. The summed E-state index contributed by atoms with van der Waals surface area (Å²) < 4.78 is 11.8. The molecule has 0 unspecified atom stereocenters. The van der Waals surface area contributed by atoms with Gasteiger partial charge in [0.2, 0.25) is 0 Å². The molecule has 1 saturated heterocycles. The fourth-order valence-electron chi connectivity index (χ4n) is 2.91. The lowest BCUT2D eigenvalue weighted by molar-refractivity contribution is -0.186. The topological polar surface area (TPSA) is 76.7 Å². The van der Waals surface area contributed by atoms with E-state index in [-0.39, 0.29) is 6.10 Å². The van der Waals surface area contributed by atoms with E-state index in [9.17, 15) is 9.59 Å². The number of carbonyl (C=O) groups is 2. The second-order valence-electron chi connectivity index (χ2n) is 6.67. The van der Waals surface area contributed by atoms with Gasteiger partial charge in [-0.3, -0.25) is 9.59 Å². The first-order chi connectivity index (χ1) is 10.5. The zero-order valence-corrected chi connectivity index (χ0v) is 13.7. The number of ether oxygens (including phenoxy) is 2. The highest BCUT2D eigenvalue weighted by Gasteiger charge is 2.42. The van der Waals surface area contributed by atoms with Crippen LogP contribution in [0.4, 0.5) is 0 Å². The second-order valence-corrected chi connectivity index (χ2v) is 6.67. The van der Waals surface area contributed by atoms with Crippen LogP contribution < -0.4 is 10.6 Å². The van der Waals surface area contributed by atoms with Crippen LogP contribution in [0.25, 0.3) is 0 Å². The van der Waals surface area contributed by atoms with Crippen LogP contribution in [0.3, 0.4) is 0 Å². The van der Waals surface area contributed by atoms with Crippen LogP contribution in [0, 0.1) is 5.92 Å². The van der Waals surface area contributed by atoms with Gasteiger partial charge in [-0.15, -0.1) is 0 Å². The molecule has 6 heteroatoms. The second kappa shape index (κ2) is 7.92. The standard InChI is InChI=1S/C16H28N2O4/c1-12(2)6-9-17-14(19)15(20)18-10-13-11-21-16(22-13)7-4-3-5-8-16/h12-13H,3-11H2,1-2H3,(H,17,19)(H,18,20)/t13-/m1/s1. The molecule has 1 heterocycles. The molecule has 6 nitrogen and oxygen atoms in total. The molecule has 0 aromatic rings. The molecule has 2 aliphatic rings. The minimum Gasteiger partial charge on any atom is -0.348 e. The fraction of sp³-hybridized carbons (Fsp3) is 0.875.